The summed E-state index contributed by atoms with van der Waals surface area (Å²) in [6.45, 7) is 6.03. The zero-order chi connectivity index (χ0) is 27.1. The summed E-state index contributed by atoms with van der Waals surface area (Å²) in [5.41, 5.74) is 3.96. The molecule has 2 aromatic carbocycles. The van der Waals surface area contributed by atoms with Gasteiger partial charge in [0.2, 0.25) is 6.79 Å². The predicted octanol–water partition coefficient (Wildman–Crippen LogP) is 6.51. The van der Waals surface area contributed by atoms with E-state index < -0.39 is 5.97 Å². The first kappa shape index (κ1) is 25.1. The van der Waals surface area contributed by atoms with Crippen molar-refractivity contribution >= 4 is 49.8 Å². The fraction of sp³-hybridized carbons (Fsp3) is 0.207. The second kappa shape index (κ2) is 10.2. The van der Waals surface area contributed by atoms with Crippen molar-refractivity contribution in [1.29, 1.82) is 0 Å². The Labute approximate surface area is 232 Å². The minimum atomic E-state index is -0.453. The number of aryl methyl sites for hydroxylation is 1. The van der Waals surface area contributed by atoms with Crippen LogP contribution in [0.15, 0.2) is 54.6 Å². The number of fused-ring (bicyclic) bond motifs is 2. The number of benzene rings is 2. The van der Waals surface area contributed by atoms with Crippen molar-refractivity contribution in [1.82, 2.24) is 9.78 Å². The molecule has 3 aromatic heterocycles. The number of hydrogen-bond donors (Lipinski definition) is 1. The van der Waals surface area contributed by atoms with Crippen LogP contribution in [0.2, 0.25) is 0 Å². The molecule has 198 valence electrons. The third-order valence-corrected chi connectivity index (χ3v) is 8.84. The van der Waals surface area contributed by atoms with E-state index in [1.165, 1.54) is 22.7 Å². The van der Waals surface area contributed by atoms with Crippen LogP contribution in [-0.2, 0) is 11.2 Å². The molecule has 4 heterocycles. The quantitative estimate of drug-likeness (QED) is 0.229. The molecule has 0 atom stereocenters. The smallest absolute Gasteiger partial charge is 0.341 e. The molecule has 0 saturated heterocycles. The summed E-state index contributed by atoms with van der Waals surface area (Å²) in [5, 5.41) is 9.06. The van der Waals surface area contributed by atoms with E-state index in [0.29, 0.717) is 27.6 Å². The number of anilines is 1. The van der Waals surface area contributed by atoms with Crippen molar-refractivity contribution in [3.63, 3.8) is 0 Å². The van der Waals surface area contributed by atoms with Crippen LogP contribution in [0, 0.1) is 13.8 Å². The highest BCUT2D eigenvalue weighted by Crippen LogP contribution is 2.38. The number of hydrogen-bond acceptors (Lipinski definition) is 8. The van der Waals surface area contributed by atoms with Gasteiger partial charge in [-0.25, -0.2) is 9.48 Å². The molecule has 0 radical (unpaired) electrons. The molecule has 39 heavy (non-hydrogen) atoms. The zero-order valence-electron chi connectivity index (χ0n) is 21.6. The summed E-state index contributed by atoms with van der Waals surface area (Å²) in [6, 6.07) is 17.5. The second-order valence-electron chi connectivity index (χ2n) is 9.06. The van der Waals surface area contributed by atoms with E-state index in [0.717, 1.165) is 43.4 Å². The van der Waals surface area contributed by atoms with Gasteiger partial charge in [-0.3, -0.25) is 4.79 Å². The molecule has 1 N–H and O–H groups in total. The van der Waals surface area contributed by atoms with Gasteiger partial charge in [-0.15, -0.1) is 22.7 Å². The fourth-order valence-electron chi connectivity index (χ4n) is 4.57. The van der Waals surface area contributed by atoms with Crippen molar-refractivity contribution in [2.24, 2.45) is 0 Å². The highest BCUT2D eigenvalue weighted by molar-refractivity contribution is 7.21. The van der Waals surface area contributed by atoms with Gasteiger partial charge in [0.25, 0.3) is 5.91 Å². The topological polar surface area (TPSA) is 91.7 Å². The van der Waals surface area contributed by atoms with Crippen molar-refractivity contribution in [2.45, 2.75) is 27.2 Å². The van der Waals surface area contributed by atoms with Crippen LogP contribution in [0.25, 0.3) is 15.9 Å². The van der Waals surface area contributed by atoms with Crippen LogP contribution >= 0.6 is 22.7 Å². The molecule has 8 nitrogen and oxygen atoms in total. The number of carbonyl (C=O) groups is 2. The summed E-state index contributed by atoms with van der Waals surface area (Å²) < 4.78 is 18.1. The molecule has 0 aliphatic carbocycles. The van der Waals surface area contributed by atoms with Gasteiger partial charge in [0, 0.05) is 16.7 Å². The Morgan fingerprint density at radius 2 is 1.85 bits per heavy atom. The largest absolute Gasteiger partial charge is 0.462 e. The Kier molecular flexibility index (Phi) is 6.58. The Morgan fingerprint density at radius 1 is 1.05 bits per heavy atom. The first-order valence-electron chi connectivity index (χ1n) is 12.5. The predicted molar refractivity (Wildman–Crippen MR) is 152 cm³/mol. The van der Waals surface area contributed by atoms with E-state index in [4.69, 9.17) is 14.2 Å². The van der Waals surface area contributed by atoms with Gasteiger partial charge in [-0.2, -0.15) is 5.10 Å². The number of carbonyl (C=O) groups excluding carboxylic acids is 2. The summed E-state index contributed by atoms with van der Waals surface area (Å²) in [4.78, 5) is 28.8. The average Bonchev–Trinajstić information content (AvgIpc) is 3.70. The summed E-state index contributed by atoms with van der Waals surface area (Å²) in [6.07, 6.45) is 0.574. The number of esters is 1. The maximum Gasteiger partial charge on any atom is 0.341 e. The lowest BCUT2D eigenvalue weighted by atomic mass is 10.1. The number of rotatable bonds is 7. The van der Waals surface area contributed by atoms with E-state index in [1.807, 2.05) is 73.1 Å². The number of thiophene rings is 2. The fourth-order valence-corrected chi connectivity index (χ4v) is 6.87. The number of amides is 1. The van der Waals surface area contributed by atoms with E-state index in [-0.39, 0.29) is 19.3 Å². The number of nitrogens with zero attached hydrogens (tertiary/aromatic N) is 2. The SMILES string of the molecule is CCOC(=O)c1c(NC(=O)c2cc3c(C)nn(-c4ccccc4)c3s2)sc(Cc2ccc3c(c2)OCO3)c1C. The Bertz CT molecular complexity index is 1720. The Morgan fingerprint density at radius 3 is 2.64 bits per heavy atom. The monoisotopic (exact) mass is 559 g/mol. The van der Waals surface area contributed by atoms with Crippen molar-refractivity contribution < 1.29 is 23.8 Å². The normalized spacial score (nSPS) is 12.2. The molecule has 1 aliphatic rings. The molecular weight excluding hydrogens is 534 g/mol. The molecule has 0 unspecified atom stereocenters. The van der Waals surface area contributed by atoms with Gasteiger partial charge >= 0.3 is 5.97 Å². The summed E-state index contributed by atoms with van der Waals surface area (Å²) in [7, 11) is 0. The third-order valence-electron chi connectivity index (χ3n) is 6.52. The first-order chi connectivity index (χ1) is 18.9. The number of aromatic nitrogens is 2. The molecule has 0 bridgehead atoms. The second-order valence-corrected chi connectivity index (χ2v) is 11.2. The van der Waals surface area contributed by atoms with Crippen molar-refractivity contribution in [2.75, 3.05) is 18.7 Å². The van der Waals surface area contributed by atoms with Crippen LogP contribution in [0.4, 0.5) is 5.00 Å². The highest BCUT2D eigenvalue weighted by Gasteiger charge is 2.26. The molecule has 6 rings (SSSR count). The Hall–Kier alpha value is -4.15. The van der Waals surface area contributed by atoms with Crippen molar-refractivity contribution in [3.05, 3.63) is 86.7 Å². The summed E-state index contributed by atoms with van der Waals surface area (Å²) in [5.74, 6) is 0.688. The average molecular weight is 560 g/mol. The minimum Gasteiger partial charge on any atom is -0.462 e. The minimum absolute atomic E-state index is 0.209. The van der Waals surface area contributed by atoms with E-state index >= 15 is 0 Å². The highest BCUT2D eigenvalue weighted by atomic mass is 32.1. The van der Waals surface area contributed by atoms with Gasteiger partial charge < -0.3 is 19.5 Å². The molecule has 0 spiro atoms. The first-order valence-corrected chi connectivity index (χ1v) is 14.1. The van der Waals surface area contributed by atoms with Crippen LogP contribution in [0.3, 0.4) is 0 Å². The molecule has 5 aromatic rings. The maximum absolute atomic E-state index is 13.5. The molecule has 1 amide bonds. The van der Waals surface area contributed by atoms with Crippen LogP contribution in [0.1, 0.15) is 48.7 Å². The molecule has 1 aliphatic heterocycles. The van der Waals surface area contributed by atoms with Crippen LogP contribution in [0.5, 0.6) is 11.5 Å². The van der Waals surface area contributed by atoms with E-state index in [2.05, 4.69) is 10.4 Å². The maximum atomic E-state index is 13.5. The molecule has 10 heteroatoms. The van der Waals surface area contributed by atoms with E-state index in [1.54, 1.807) is 6.92 Å². The van der Waals surface area contributed by atoms with Gasteiger partial charge in [-0.1, -0.05) is 24.3 Å². The lowest BCUT2D eigenvalue weighted by molar-refractivity contribution is 0.0527. The van der Waals surface area contributed by atoms with E-state index in [9.17, 15) is 9.59 Å². The van der Waals surface area contributed by atoms with Gasteiger partial charge in [0.05, 0.1) is 28.4 Å². The standard InChI is InChI=1S/C29H25N3O5S2/c1-4-35-29(34)25-16(2)23(13-18-10-11-21-22(12-18)37-15-36-21)38-27(25)30-26(33)24-14-20-17(3)31-32(28(20)39-24)19-8-6-5-7-9-19/h5-12,14H,4,13,15H2,1-3H3,(H,30,33). The number of ether oxygens (including phenoxy) is 3. The van der Waals surface area contributed by atoms with Crippen molar-refractivity contribution in [3.8, 4) is 17.2 Å². The van der Waals surface area contributed by atoms with Gasteiger partial charge in [-0.05, 0) is 62.2 Å². The van der Waals surface area contributed by atoms with Crippen LogP contribution in [-0.4, -0.2) is 35.1 Å². The molecule has 0 saturated carbocycles. The van der Waals surface area contributed by atoms with Gasteiger partial charge in [0.1, 0.15) is 9.83 Å². The lowest BCUT2D eigenvalue weighted by Gasteiger charge is -2.06. The molecular formula is C29H25N3O5S2. The molecule has 0 fully saturated rings. The Balaban J connectivity index is 1.32. The lowest BCUT2D eigenvalue weighted by Crippen LogP contribution is -2.14. The van der Waals surface area contributed by atoms with Gasteiger partial charge in [0.15, 0.2) is 11.5 Å². The zero-order valence-corrected chi connectivity index (χ0v) is 23.2. The number of nitrogens with one attached hydrogen (secondary N) is 1. The third kappa shape index (κ3) is 4.66. The summed E-state index contributed by atoms with van der Waals surface area (Å²) >= 11 is 2.75. The number of para-hydroxylation sites is 1. The van der Waals surface area contributed by atoms with Crippen LogP contribution < -0.4 is 14.8 Å².